The van der Waals surface area contributed by atoms with E-state index in [4.69, 9.17) is 14.2 Å². The molecular weight excluding hydrogens is 192 g/mol. The van der Waals surface area contributed by atoms with Gasteiger partial charge in [0.15, 0.2) is 5.79 Å². The maximum Gasteiger partial charge on any atom is 0.168 e. The summed E-state index contributed by atoms with van der Waals surface area (Å²) >= 11 is 0. The Morgan fingerprint density at radius 3 is 2.33 bits per heavy atom. The van der Waals surface area contributed by atoms with Crippen molar-refractivity contribution in [3.63, 3.8) is 0 Å². The predicted octanol–water partition coefficient (Wildman–Crippen LogP) is 2.34. The van der Waals surface area contributed by atoms with Crippen molar-refractivity contribution in [3.05, 3.63) is 0 Å². The van der Waals surface area contributed by atoms with Crippen LogP contribution in [0.4, 0.5) is 0 Å². The quantitative estimate of drug-likeness (QED) is 0.721. The Morgan fingerprint density at radius 1 is 1.20 bits per heavy atom. The number of hydrogen-bond acceptors (Lipinski definition) is 3. The molecule has 0 aromatic carbocycles. The van der Waals surface area contributed by atoms with Crippen molar-refractivity contribution in [2.75, 3.05) is 19.8 Å². The highest BCUT2D eigenvalue weighted by Crippen LogP contribution is 2.38. The molecule has 0 atom stereocenters. The van der Waals surface area contributed by atoms with E-state index in [1.165, 1.54) is 12.8 Å². The van der Waals surface area contributed by atoms with Gasteiger partial charge in [-0.2, -0.15) is 0 Å². The molecule has 0 amide bonds. The third-order valence-electron chi connectivity index (χ3n) is 3.35. The van der Waals surface area contributed by atoms with E-state index in [0.29, 0.717) is 12.0 Å². The van der Waals surface area contributed by atoms with Crippen LogP contribution in [0.2, 0.25) is 0 Å². The normalized spacial score (nSPS) is 26.6. The van der Waals surface area contributed by atoms with Gasteiger partial charge in [0.1, 0.15) is 0 Å². The van der Waals surface area contributed by atoms with Crippen molar-refractivity contribution in [2.45, 2.75) is 51.4 Å². The highest BCUT2D eigenvalue weighted by molar-refractivity contribution is 4.82. The van der Waals surface area contributed by atoms with Crippen molar-refractivity contribution >= 4 is 0 Å². The average molecular weight is 214 g/mol. The van der Waals surface area contributed by atoms with E-state index in [1.54, 1.807) is 0 Å². The maximum absolute atomic E-state index is 5.69. The van der Waals surface area contributed by atoms with E-state index < -0.39 is 0 Å². The summed E-state index contributed by atoms with van der Waals surface area (Å²) in [5, 5.41) is 0. The zero-order valence-electron chi connectivity index (χ0n) is 9.83. The van der Waals surface area contributed by atoms with Gasteiger partial charge in [-0.05, 0) is 32.6 Å². The Bertz CT molecular complexity index is 187. The Morgan fingerprint density at radius 2 is 1.80 bits per heavy atom. The minimum atomic E-state index is -0.214. The molecule has 1 aliphatic carbocycles. The first kappa shape index (κ1) is 11.4. The van der Waals surface area contributed by atoms with Gasteiger partial charge in [-0.25, -0.2) is 0 Å². The lowest BCUT2D eigenvalue weighted by Gasteiger charge is -2.35. The second kappa shape index (κ2) is 4.81. The largest absolute Gasteiger partial charge is 0.379 e. The molecule has 88 valence electrons. The fraction of sp³-hybridized carbons (Fsp3) is 1.00. The van der Waals surface area contributed by atoms with E-state index in [0.717, 1.165) is 32.7 Å². The van der Waals surface area contributed by atoms with Crippen molar-refractivity contribution in [1.82, 2.24) is 0 Å². The molecule has 1 aliphatic heterocycles. The summed E-state index contributed by atoms with van der Waals surface area (Å²) in [6, 6.07) is 0. The van der Waals surface area contributed by atoms with Crippen molar-refractivity contribution in [1.29, 1.82) is 0 Å². The van der Waals surface area contributed by atoms with Crippen LogP contribution >= 0.6 is 0 Å². The molecule has 3 heteroatoms. The summed E-state index contributed by atoms with van der Waals surface area (Å²) in [6.45, 7) is 6.62. The smallest absolute Gasteiger partial charge is 0.168 e. The van der Waals surface area contributed by atoms with Crippen LogP contribution in [0.3, 0.4) is 0 Å². The molecule has 1 heterocycles. The summed E-state index contributed by atoms with van der Waals surface area (Å²) in [5.41, 5.74) is 0. The summed E-state index contributed by atoms with van der Waals surface area (Å²) < 4.78 is 17.0. The van der Waals surface area contributed by atoms with Crippen LogP contribution in [-0.2, 0) is 14.2 Å². The molecule has 15 heavy (non-hydrogen) atoms. The molecule has 2 fully saturated rings. The molecule has 1 saturated carbocycles. The first-order valence-electron chi connectivity index (χ1n) is 6.10. The third kappa shape index (κ3) is 2.92. The summed E-state index contributed by atoms with van der Waals surface area (Å²) in [6.07, 6.45) is 4.78. The van der Waals surface area contributed by atoms with E-state index in [9.17, 15) is 0 Å². The zero-order valence-corrected chi connectivity index (χ0v) is 9.83. The highest BCUT2D eigenvalue weighted by atomic mass is 16.7. The van der Waals surface area contributed by atoms with Crippen molar-refractivity contribution in [3.8, 4) is 0 Å². The maximum atomic E-state index is 5.69. The minimum Gasteiger partial charge on any atom is -0.379 e. The Kier molecular flexibility index (Phi) is 3.65. The van der Waals surface area contributed by atoms with Gasteiger partial charge < -0.3 is 14.2 Å². The fourth-order valence-electron chi connectivity index (χ4n) is 2.40. The van der Waals surface area contributed by atoms with Gasteiger partial charge >= 0.3 is 0 Å². The molecular formula is C12H22O3. The molecule has 2 aliphatic rings. The Labute approximate surface area is 92.1 Å². The summed E-state index contributed by atoms with van der Waals surface area (Å²) in [5.74, 6) is 0.486. The van der Waals surface area contributed by atoms with E-state index in [2.05, 4.69) is 13.8 Å². The van der Waals surface area contributed by atoms with Crippen LogP contribution in [0.25, 0.3) is 0 Å². The lowest BCUT2D eigenvalue weighted by atomic mass is 9.85. The highest BCUT2D eigenvalue weighted by Gasteiger charge is 2.40. The Balaban J connectivity index is 1.72. The van der Waals surface area contributed by atoms with Crippen LogP contribution in [0, 0.1) is 5.92 Å². The van der Waals surface area contributed by atoms with Crippen LogP contribution < -0.4 is 0 Å². The predicted molar refractivity (Wildman–Crippen MR) is 57.7 cm³/mol. The van der Waals surface area contributed by atoms with Crippen LogP contribution in [0.5, 0.6) is 0 Å². The van der Waals surface area contributed by atoms with Gasteiger partial charge in [-0.15, -0.1) is 0 Å². The number of ether oxygens (including phenoxy) is 3. The molecule has 0 radical (unpaired) electrons. The molecule has 0 N–H and O–H groups in total. The Hall–Kier alpha value is -0.120. The summed E-state index contributed by atoms with van der Waals surface area (Å²) in [7, 11) is 0. The minimum absolute atomic E-state index is 0.214. The van der Waals surface area contributed by atoms with Crippen LogP contribution in [0.15, 0.2) is 0 Å². The lowest BCUT2D eigenvalue weighted by molar-refractivity contribution is -0.185. The number of hydrogen-bond donors (Lipinski definition) is 0. The zero-order chi connectivity index (χ0) is 10.7. The molecule has 1 spiro atoms. The van der Waals surface area contributed by atoms with Crippen molar-refractivity contribution in [2.24, 2.45) is 5.92 Å². The molecule has 0 bridgehead atoms. The van der Waals surface area contributed by atoms with Crippen LogP contribution in [-0.4, -0.2) is 31.7 Å². The lowest BCUT2D eigenvalue weighted by Crippen LogP contribution is -2.36. The first-order valence-corrected chi connectivity index (χ1v) is 6.10. The van der Waals surface area contributed by atoms with Gasteiger partial charge in [-0.1, -0.05) is 0 Å². The van der Waals surface area contributed by atoms with Gasteiger partial charge in [-0.3, -0.25) is 0 Å². The molecule has 0 unspecified atom stereocenters. The first-order chi connectivity index (χ1) is 7.20. The van der Waals surface area contributed by atoms with E-state index in [1.807, 2.05) is 0 Å². The molecule has 3 nitrogen and oxygen atoms in total. The van der Waals surface area contributed by atoms with Crippen molar-refractivity contribution < 1.29 is 14.2 Å². The molecule has 0 aromatic heterocycles. The average Bonchev–Trinajstić information content (AvgIpc) is 2.66. The van der Waals surface area contributed by atoms with E-state index >= 15 is 0 Å². The second-order valence-electron chi connectivity index (χ2n) is 4.93. The monoisotopic (exact) mass is 214 g/mol. The number of rotatable bonds is 3. The van der Waals surface area contributed by atoms with Gasteiger partial charge in [0.25, 0.3) is 0 Å². The topological polar surface area (TPSA) is 27.7 Å². The van der Waals surface area contributed by atoms with Gasteiger partial charge in [0.05, 0.1) is 19.3 Å². The van der Waals surface area contributed by atoms with Gasteiger partial charge in [0.2, 0.25) is 0 Å². The fourth-order valence-corrected chi connectivity index (χ4v) is 2.40. The molecule has 1 saturated heterocycles. The SMILES string of the molecule is CC(C)OCC1CCC2(CC1)OCCO2. The van der Waals surface area contributed by atoms with Crippen LogP contribution in [0.1, 0.15) is 39.5 Å². The molecule has 0 aromatic rings. The third-order valence-corrected chi connectivity index (χ3v) is 3.35. The summed E-state index contributed by atoms with van der Waals surface area (Å²) in [4.78, 5) is 0. The standard InChI is InChI=1S/C12H22O3/c1-10(2)13-9-11-3-5-12(6-4-11)14-7-8-15-12/h10-11H,3-9H2,1-2H3. The molecule has 2 rings (SSSR count). The second-order valence-corrected chi connectivity index (χ2v) is 4.93. The van der Waals surface area contributed by atoms with Gasteiger partial charge in [0, 0.05) is 19.4 Å². The van der Waals surface area contributed by atoms with E-state index in [-0.39, 0.29) is 5.79 Å².